The van der Waals surface area contributed by atoms with Gasteiger partial charge in [0.15, 0.2) is 0 Å². The molecule has 1 aromatic rings. The van der Waals surface area contributed by atoms with Crippen LogP contribution in [0.3, 0.4) is 0 Å². The summed E-state index contributed by atoms with van der Waals surface area (Å²) in [5.74, 6) is -0.430. The van der Waals surface area contributed by atoms with Crippen molar-refractivity contribution in [3.8, 4) is 5.75 Å². The molecule has 0 saturated carbocycles. The number of hydrogen-bond acceptors (Lipinski definition) is 4. The summed E-state index contributed by atoms with van der Waals surface area (Å²) in [4.78, 5) is 22.4. The van der Waals surface area contributed by atoms with Crippen LogP contribution in [0, 0.1) is 0 Å². The molecule has 0 aliphatic rings. The zero-order valence-corrected chi connectivity index (χ0v) is 9.94. The van der Waals surface area contributed by atoms with Gasteiger partial charge in [-0.3, -0.25) is 9.59 Å². The maximum Gasteiger partial charge on any atom is 0.325 e. The minimum absolute atomic E-state index is 0.0200. The number of esters is 1. The third kappa shape index (κ3) is 4.40. The highest BCUT2D eigenvalue weighted by molar-refractivity contribution is 5.95. The normalized spacial score (nSPS) is 9.67. The van der Waals surface area contributed by atoms with Gasteiger partial charge in [-0.2, -0.15) is 0 Å². The minimum Gasteiger partial charge on any atom is -0.491 e. The Balaban J connectivity index is 2.51. The number of halogens is 1. The first-order valence-electron chi connectivity index (χ1n) is 5.31. The van der Waals surface area contributed by atoms with Crippen molar-refractivity contribution in [3.63, 3.8) is 0 Å². The average Bonchev–Trinajstić information content (AvgIpc) is 2.42. The number of carbonyl (C=O) groups excluding carboxylic acids is 2. The van der Waals surface area contributed by atoms with Crippen molar-refractivity contribution in [1.29, 1.82) is 0 Å². The summed E-state index contributed by atoms with van der Waals surface area (Å²) >= 11 is 0. The summed E-state index contributed by atoms with van der Waals surface area (Å²) < 4.78 is 21.3. The molecular formula is C12H14FNO4. The second kappa shape index (κ2) is 7.26. The van der Waals surface area contributed by atoms with Crippen LogP contribution < -0.4 is 10.1 Å². The van der Waals surface area contributed by atoms with Gasteiger partial charge in [0.25, 0.3) is 5.91 Å². The van der Waals surface area contributed by atoms with Crippen molar-refractivity contribution < 1.29 is 23.5 Å². The van der Waals surface area contributed by atoms with Crippen LogP contribution in [-0.4, -0.2) is 38.8 Å². The van der Waals surface area contributed by atoms with E-state index in [-0.39, 0.29) is 13.2 Å². The molecule has 0 radical (unpaired) electrons. The summed E-state index contributed by atoms with van der Waals surface area (Å²) in [5, 5.41) is 2.40. The molecule has 6 heteroatoms. The first-order valence-corrected chi connectivity index (χ1v) is 5.31. The number of alkyl halides is 1. The van der Waals surface area contributed by atoms with Gasteiger partial charge in [-0.15, -0.1) is 0 Å². The Labute approximate surface area is 104 Å². The Hall–Kier alpha value is -2.11. The second-order valence-corrected chi connectivity index (χ2v) is 3.32. The fraction of sp³-hybridized carbons (Fsp3) is 0.333. The van der Waals surface area contributed by atoms with Gasteiger partial charge in [0.2, 0.25) is 0 Å². The highest BCUT2D eigenvalue weighted by Crippen LogP contribution is 2.11. The Morgan fingerprint density at radius 3 is 2.50 bits per heavy atom. The number of benzene rings is 1. The lowest BCUT2D eigenvalue weighted by Gasteiger charge is -2.06. The van der Waals surface area contributed by atoms with Crippen LogP contribution in [0.1, 0.15) is 10.4 Å². The Morgan fingerprint density at radius 2 is 1.94 bits per heavy atom. The maximum atomic E-state index is 11.9. The van der Waals surface area contributed by atoms with Crippen LogP contribution in [0.15, 0.2) is 24.3 Å². The summed E-state index contributed by atoms with van der Waals surface area (Å²) in [6.07, 6.45) is 0. The fourth-order valence-corrected chi connectivity index (χ4v) is 1.19. The highest BCUT2D eigenvalue weighted by Gasteiger charge is 2.07. The number of nitrogens with one attached hydrogen (secondary N) is 1. The van der Waals surface area contributed by atoms with E-state index >= 15 is 0 Å². The molecule has 0 aliphatic heterocycles. The molecule has 0 bridgehead atoms. The average molecular weight is 254 g/mol. The van der Waals surface area contributed by atoms with E-state index in [4.69, 9.17) is 4.74 Å². The van der Waals surface area contributed by atoms with Crippen molar-refractivity contribution in [2.45, 2.75) is 0 Å². The number of amides is 1. The van der Waals surface area contributed by atoms with Gasteiger partial charge >= 0.3 is 5.97 Å². The van der Waals surface area contributed by atoms with E-state index in [0.29, 0.717) is 11.3 Å². The lowest BCUT2D eigenvalue weighted by atomic mass is 10.2. The van der Waals surface area contributed by atoms with Crippen LogP contribution in [0.2, 0.25) is 0 Å². The van der Waals surface area contributed by atoms with Crippen LogP contribution in [0.25, 0.3) is 0 Å². The molecule has 0 aliphatic carbocycles. The molecule has 0 heterocycles. The van der Waals surface area contributed by atoms with Gasteiger partial charge in [-0.05, 0) is 24.3 Å². The quantitative estimate of drug-likeness (QED) is 0.767. The first-order chi connectivity index (χ1) is 8.67. The predicted octanol–water partition coefficient (Wildman–Crippen LogP) is 0.938. The summed E-state index contributed by atoms with van der Waals surface area (Å²) in [6.45, 7) is -0.773. The Morgan fingerprint density at radius 1 is 1.28 bits per heavy atom. The summed E-state index contributed by atoms with van der Waals surface area (Å²) in [6, 6.07) is 6.17. The van der Waals surface area contributed by atoms with Gasteiger partial charge in [-0.25, -0.2) is 4.39 Å². The van der Waals surface area contributed by atoms with Gasteiger partial charge < -0.3 is 14.8 Å². The van der Waals surface area contributed by atoms with E-state index in [9.17, 15) is 14.0 Å². The molecule has 1 aromatic carbocycles. The third-order valence-electron chi connectivity index (χ3n) is 2.08. The lowest BCUT2D eigenvalue weighted by molar-refractivity contribution is -0.139. The van der Waals surface area contributed by atoms with E-state index in [1.165, 1.54) is 19.2 Å². The number of carbonyl (C=O) groups is 2. The molecule has 0 saturated heterocycles. The van der Waals surface area contributed by atoms with Gasteiger partial charge in [0.1, 0.15) is 25.6 Å². The molecular weight excluding hydrogens is 240 g/mol. The van der Waals surface area contributed by atoms with Gasteiger partial charge in [-0.1, -0.05) is 0 Å². The summed E-state index contributed by atoms with van der Waals surface area (Å²) in [5.41, 5.74) is 0.381. The van der Waals surface area contributed by atoms with Crippen LogP contribution in [0.4, 0.5) is 4.39 Å². The molecule has 0 unspecified atom stereocenters. The number of rotatable bonds is 6. The molecule has 98 valence electrons. The molecule has 5 nitrogen and oxygen atoms in total. The SMILES string of the molecule is COC(=O)CNC(=O)c1ccc(OCC[18F])cc1. The second-order valence-electron chi connectivity index (χ2n) is 3.32. The van der Waals surface area contributed by atoms with E-state index in [1.54, 1.807) is 12.1 Å². The third-order valence-corrected chi connectivity index (χ3v) is 2.08. The standard InChI is InChI=1S/C12H14FNO4/c1-17-11(15)8-14-12(16)9-2-4-10(5-3-9)18-7-6-13/h2-5H,6-8H2,1H3,(H,14,16)/i13-1. The van der Waals surface area contributed by atoms with Crippen molar-refractivity contribution in [2.24, 2.45) is 0 Å². The predicted molar refractivity (Wildman–Crippen MR) is 62.3 cm³/mol. The molecule has 0 fully saturated rings. The lowest BCUT2D eigenvalue weighted by Crippen LogP contribution is -2.30. The molecule has 1 N–H and O–H groups in total. The zero-order valence-electron chi connectivity index (χ0n) is 9.94. The van der Waals surface area contributed by atoms with Crippen LogP contribution >= 0.6 is 0 Å². The molecule has 0 spiro atoms. The first kappa shape index (κ1) is 14.0. The molecule has 18 heavy (non-hydrogen) atoms. The zero-order chi connectivity index (χ0) is 13.4. The van der Waals surface area contributed by atoms with E-state index in [0.717, 1.165) is 0 Å². The molecule has 1 amide bonds. The van der Waals surface area contributed by atoms with Crippen molar-refractivity contribution in [3.05, 3.63) is 29.8 Å². The molecule has 1 rings (SSSR count). The van der Waals surface area contributed by atoms with Crippen molar-refractivity contribution in [2.75, 3.05) is 26.9 Å². The van der Waals surface area contributed by atoms with Crippen LogP contribution in [0.5, 0.6) is 5.75 Å². The van der Waals surface area contributed by atoms with Crippen LogP contribution in [-0.2, 0) is 9.53 Å². The van der Waals surface area contributed by atoms with Crippen molar-refractivity contribution in [1.82, 2.24) is 5.32 Å². The largest absolute Gasteiger partial charge is 0.491 e. The smallest absolute Gasteiger partial charge is 0.325 e. The Bertz CT molecular complexity index is 405. The minimum atomic E-state index is -0.568. The van der Waals surface area contributed by atoms with E-state index < -0.39 is 18.6 Å². The monoisotopic (exact) mass is 254 g/mol. The number of methoxy groups -OCH3 is 1. The topological polar surface area (TPSA) is 64.6 Å². The Kier molecular flexibility index (Phi) is 5.63. The number of ether oxygens (including phenoxy) is 2. The molecule has 0 atom stereocenters. The van der Waals surface area contributed by atoms with Gasteiger partial charge in [0.05, 0.1) is 7.11 Å². The fourth-order valence-electron chi connectivity index (χ4n) is 1.19. The molecule has 0 aromatic heterocycles. The van der Waals surface area contributed by atoms with Gasteiger partial charge in [0, 0.05) is 5.56 Å². The van der Waals surface area contributed by atoms with E-state index in [2.05, 4.69) is 10.1 Å². The maximum absolute atomic E-state index is 11.9. The highest BCUT2D eigenvalue weighted by atomic mass is 18.2. The van der Waals surface area contributed by atoms with Crippen molar-refractivity contribution >= 4 is 11.9 Å². The number of hydrogen-bond donors (Lipinski definition) is 1. The summed E-state index contributed by atoms with van der Waals surface area (Å²) in [7, 11) is 1.24. The van der Waals surface area contributed by atoms with E-state index in [1.807, 2.05) is 0 Å².